The third-order valence-corrected chi connectivity index (χ3v) is 5.93. The van der Waals surface area contributed by atoms with E-state index in [0.29, 0.717) is 5.56 Å². The molecule has 0 fully saturated rings. The molecule has 0 aromatic heterocycles. The lowest BCUT2D eigenvalue weighted by atomic mass is 10.2. The summed E-state index contributed by atoms with van der Waals surface area (Å²) in [6, 6.07) is 5.99. The van der Waals surface area contributed by atoms with Crippen LogP contribution in [0.1, 0.15) is 5.56 Å². The predicted molar refractivity (Wildman–Crippen MR) is 79.0 cm³/mol. The lowest BCUT2D eigenvalue weighted by Crippen LogP contribution is -2.22. The SMILES string of the molecule is CN(C)S(=O)(=O)C=Cc1ccc(S(=O)(=O)N(C)C)cc1. The standard InChI is InChI=1S/C12H18N2O4S2/c1-13(2)19(15,16)10-9-11-5-7-12(8-6-11)20(17,18)14(3)4/h5-10H,1-4H3. The molecule has 0 atom stereocenters. The highest BCUT2D eigenvalue weighted by Gasteiger charge is 2.16. The van der Waals surface area contributed by atoms with Gasteiger partial charge in [-0.3, -0.25) is 0 Å². The third kappa shape index (κ3) is 3.89. The van der Waals surface area contributed by atoms with Gasteiger partial charge in [0.15, 0.2) is 0 Å². The van der Waals surface area contributed by atoms with Crippen molar-refractivity contribution in [2.24, 2.45) is 0 Å². The minimum absolute atomic E-state index is 0.162. The fourth-order valence-corrected chi connectivity index (χ4v) is 2.72. The van der Waals surface area contributed by atoms with Crippen molar-refractivity contribution in [1.29, 1.82) is 0 Å². The van der Waals surface area contributed by atoms with Gasteiger partial charge in [0.1, 0.15) is 0 Å². The number of rotatable bonds is 5. The first-order valence-electron chi connectivity index (χ1n) is 5.70. The highest BCUT2D eigenvalue weighted by Crippen LogP contribution is 2.15. The molecule has 8 heteroatoms. The van der Waals surface area contributed by atoms with Crippen LogP contribution in [0.15, 0.2) is 34.6 Å². The topological polar surface area (TPSA) is 74.8 Å². The van der Waals surface area contributed by atoms with Crippen LogP contribution in [-0.2, 0) is 20.0 Å². The first-order valence-corrected chi connectivity index (χ1v) is 8.65. The summed E-state index contributed by atoms with van der Waals surface area (Å²) in [4.78, 5) is 0.162. The quantitative estimate of drug-likeness (QED) is 0.805. The summed E-state index contributed by atoms with van der Waals surface area (Å²) >= 11 is 0. The van der Waals surface area contributed by atoms with Crippen molar-refractivity contribution in [3.05, 3.63) is 35.2 Å². The molecule has 0 saturated heterocycles. The van der Waals surface area contributed by atoms with Crippen LogP contribution in [0.3, 0.4) is 0 Å². The second-order valence-corrected chi connectivity index (χ2v) is 8.67. The molecule has 0 saturated carbocycles. The Bertz CT molecular complexity index is 687. The van der Waals surface area contributed by atoms with E-state index in [0.717, 1.165) is 14.0 Å². The summed E-state index contributed by atoms with van der Waals surface area (Å²) < 4.78 is 49.0. The average Bonchev–Trinajstić information content (AvgIpc) is 2.36. The number of hydrogen-bond acceptors (Lipinski definition) is 4. The maximum atomic E-state index is 11.9. The van der Waals surface area contributed by atoms with E-state index in [1.807, 2.05) is 0 Å². The van der Waals surface area contributed by atoms with Gasteiger partial charge in [0.05, 0.1) is 4.90 Å². The van der Waals surface area contributed by atoms with Crippen molar-refractivity contribution in [2.45, 2.75) is 4.90 Å². The molecule has 0 aliphatic heterocycles. The molecule has 1 rings (SSSR count). The zero-order valence-corrected chi connectivity index (χ0v) is 13.4. The Kier molecular flexibility index (Phi) is 5.09. The van der Waals surface area contributed by atoms with Crippen molar-refractivity contribution in [3.8, 4) is 0 Å². The third-order valence-electron chi connectivity index (χ3n) is 2.60. The van der Waals surface area contributed by atoms with E-state index in [9.17, 15) is 16.8 Å². The molecule has 1 aromatic rings. The van der Waals surface area contributed by atoms with Crippen LogP contribution in [0.5, 0.6) is 0 Å². The van der Waals surface area contributed by atoms with Crippen molar-refractivity contribution in [1.82, 2.24) is 8.61 Å². The molecule has 0 radical (unpaired) electrons. The summed E-state index contributed by atoms with van der Waals surface area (Å²) in [5.41, 5.74) is 0.605. The zero-order chi connectivity index (χ0) is 15.6. The first kappa shape index (κ1) is 16.8. The number of hydrogen-bond donors (Lipinski definition) is 0. The molecule has 0 aliphatic rings. The van der Waals surface area contributed by atoms with Gasteiger partial charge < -0.3 is 0 Å². The average molecular weight is 318 g/mol. The monoisotopic (exact) mass is 318 g/mol. The second-order valence-electron chi connectivity index (χ2n) is 4.49. The van der Waals surface area contributed by atoms with Gasteiger partial charge >= 0.3 is 0 Å². The molecule has 1 aromatic carbocycles. The van der Waals surface area contributed by atoms with Crippen molar-refractivity contribution < 1.29 is 16.8 Å². The molecule has 0 aliphatic carbocycles. The summed E-state index contributed by atoms with van der Waals surface area (Å²) in [5.74, 6) is 0. The minimum atomic E-state index is -3.47. The van der Waals surface area contributed by atoms with Gasteiger partial charge in [-0.1, -0.05) is 12.1 Å². The number of benzene rings is 1. The fraction of sp³-hybridized carbons (Fsp3) is 0.333. The van der Waals surface area contributed by atoms with E-state index in [1.54, 1.807) is 12.1 Å². The first-order chi connectivity index (χ1) is 9.07. The minimum Gasteiger partial charge on any atom is -0.208 e. The molecule has 112 valence electrons. The highest BCUT2D eigenvalue weighted by molar-refractivity contribution is 7.92. The Labute approximate surface area is 120 Å². The summed E-state index contributed by atoms with van der Waals surface area (Å²) in [5, 5.41) is 1.07. The molecule has 0 bridgehead atoms. The maximum absolute atomic E-state index is 11.9. The van der Waals surface area contributed by atoms with E-state index in [2.05, 4.69) is 0 Å². The normalized spacial score (nSPS) is 13.5. The Balaban J connectivity index is 3.03. The smallest absolute Gasteiger partial charge is 0.208 e. The largest absolute Gasteiger partial charge is 0.242 e. The van der Waals surface area contributed by atoms with Gasteiger partial charge in [-0.05, 0) is 23.8 Å². The van der Waals surface area contributed by atoms with E-state index >= 15 is 0 Å². The molecule has 0 heterocycles. The molecule has 6 nitrogen and oxygen atoms in total. The van der Waals surface area contributed by atoms with E-state index < -0.39 is 20.0 Å². The molecule has 0 unspecified atom stereocenters. The van der Waals surface area contributed by atoms with Crippen LogP contribution < -0.4 is 0 Å². The summed E-state index contributed by atoms with van der Waals surface area (Å²) in [7, 11) is -1.11. The zero-order valence-electron chi connectivity index (χ0n) is 11.8. The Morgan fingerprint density at radius 2 is 1.35 bits per heavy atom. The van der Waals surface area contributed by atoms with Crippen molar-refractivity contribution in [2.75, 3.05) is 28.2 Å². The van der Waals surface area contributed by atoms with E-state index in [4.69, 9.17) is 0 Å². The Hall–Kier alpha value is -1.22. The Morgan fingerprint density at radius 1 is 0.850 bits per heavy atom. The van der Waals surface area contributed by atoms with Crippen LogP contribution in [0, 0.1) is 0 Å². The van der Waals surface area contributed by atoms with Gasteiger partial charge in [0.25, 0.3) is 0 Å². The van der Waals surface area contributed by atoms with Crippen LogP contribution >= 0.6 is 0 Å². The molecule has 0 spiro atoms. The van der Waals surface area contributed by atoms with Crippen LogP contribution in [-0.4, -0.2) is 53.6 Å². The van der Waals surface area contributed by atoms with Crippen molar-refractivity contribution >= 4 is 26.1 Å². The van der Waals surface area contributed by atoms with E-state index in [-0.39, 0.29) is 4.90 Å². The highest BCUT2D eigenvalue weighted by atomic mass is 32.2. The predicted octanol–water partition coefficient (Wildman–Crippen LogP) is 0.799. The van der Waals surface area contributed by atoms with Gasteiger partial charge in [-0.25, -0.2) is 25.4 Å². The fourth-order valence-electron chi connectivity index (χ4n) is 1.25. The summed E-state index contributed by atoms with van der Waals surface area (Å²) in [6.07, 6.45) is 1.42. The van der Waals surface area contributed by atoms with Gasteiger partial charge in [0, 0.05) is 33.6 Å². The van der Waals surface area contributed by atoms with Crippen LogP contribution in [0.4, 0.5) is 0 Å². The lowest BCUT2D eigenvalue weighted by molar-refractivity contribution is 0.520. The molecule has 0 amide bonds. The molecule has 20 heavy (non-hydrogen) atoms. The van der Waals surface area contributed by atoms with Gasteiger partial charge in [0.2, 0.25) is 20.0 Å². The van der Waals surface area contributed by atoms with Crippen molar-refractivity contribution in [3.63, 3.8) is 0 Å². The second kappa shape index (κ2) is 6.04. The summed E-state index contributed by atoms with van der Waals surface area (Å²) in [6.45, 7) is 0. The number of sulfonamides is 2. The lowest BCUT2D eigenvalue weighted by Gasteiger charge is -2.11. The van der Waals surface area contributed by atoms with Crippen LogP contribution in [0.2, 0.25) is 0 Å². The van der Waals surface area contributed by atoms with E-state index in [1.165, 1.54) is 46.4 Å². The maximum Gasteiger partial charge on any atom is 0.242 e. The molecular formula is C12H18N2O4S2. The van der Waals surface area contributed by atoms with Gasteiger partial charge in [-0.15, -0.1) is 0 Å². The number of nitrogens with zero attached hydrogens (tertiary/aromatic N) is 2. The van der Waals surface area contributed by atoms with Crippen LogP contribution in [0.25, 0.3) is 6.08 Å². The van der Waals surface area contributed by atoms with Gasteiger partial charge in [-0.2, -0.15) is 0 Å². The molecule has 0 N–H and O–H groups in total. The Morgan fingerprint density at radius 3 is 1.75 bits per heavy atom. The molecular weight excluding hydrogens is 300 g/mol.